The fourth-order valence-corrected chi connectivity index (χ4v) is 1.40. The Morgan fingerprint density at radius 3 is 2.20 bits per heavy atom. The Kier molecular flexibility index (Phi) is 7.39. The molecule has 2 N–H and O–H groups in total. The van der Waals surface area contributed by atoms with Gasteiger partial charge in [-0.3, -0.25) is 4.79 Å². The summed E-state index contributed by atoms with van der Waals surface area (Å²) in [6.45, 7) is 8.40. The molecule has 0 aromatic carbocycles. The average molecular weight is 214 g/mol. The van der Waals surface area contributed by atoms with E-state index in [2.05, 4.69) is 31.4 Å². The maximum Gasteiger partial charge on any atom is 0.237 e. The number of hydrogen-bond acceptors (Lipinski definition) is 2. The van der Waals surface area contributed by atoms with Crippen LogP contribution in [0.1, 0.15) is 47.0 Å². The maximum absolute atomic E-state index is 11.5. The lowest BCUT2D eigenvalue weighted by molar-refractivity contribution is -0.123. The molecule has 0 bridgehead atoms. The van der Waals surface area contributed by atoms with Gasteiger partial charge in [-0.1, -0.05) is 26.7 Å². The molecule has 0 aliphatic heterocycles. The number of hydrogen-bond donors (Lipinski definition) is 2. The molecule has 0 rings (SSSR count). The zero-order valence-corrected chi connectivity index (χ0v) is 10.8. The fraction of sp³-hybridized carbons (Fsp3) is 0.917. The summed E-state index contributed by atoms with van der Waals surface area (Å²) in [5.41, 5.74) is 0. The molecule has 0 saturated carbocycles. The van der Waals surface area contributed by atoms with Crippen LogP contribution in [0, 0.1) is 5.92 Å². The van der Waals surface area contributed by atoms with Crippen molar-refractivity contribution in [2.45, 2.75) is 59.0 Å². The third-order valence-electron chi connectivity index (χ3n) is 2.63. The van der Waals surface area contributed by atoms with Crippen molar-refractivity contribution in [3.8, 4) is 0 Å². The van der Waals surface area contributed by atoms with E-state index in [1.807, 2.05) is 6.92 Å². The Balaban J connectivity index is 3.64. The van der Waals surface area contributed by atoms with Gasteiger partial charge in [0, 0.05) is 6.04 Å². The van der Waals surface area contributed by atoms with Crippen LogP contribution < -0.4 is 10.6 Å². The molecule has 0 radical (unpaired) electrons. The highest BCUT2D eigenvalue weighted by Crippen LogP contribution is 2.08. The largest absolute Gasteiger partial charge is 0.352 e. The van der Waals surface area contributed by atoms with Crippen molar-refractivity contribution in [3.05, 3.63) is 0 Å². The minimum absolute atomic E-state index is 0.0922. The van der Waals surface area contributed by atoms with Crippen LogP contribution in [-0.4, -0.2) is 25.0 Å². The summed E-state index contributed by atoms with van der Waals surface area (Å²) in [6.07, 6.45) is 3.50. The van der Waals surface area contributed by atoms with Crippen LogP contribution in [0.4, 0.5) is 0 Å². The zero-order valence-electron chi connectivity index (χ0n) is 10.8. The lowest BCUT2D eigenvalue weighted by atomic mass is 10.0. The van der Waals surface area contributed by atoms with E-state index in [1.54, 1.807) is 7.05 Å². The standard InChI is InChI=1S/C12H26N2O/c1-9(2)7-6-8-10(3)14-12(15)11(4)13-5/h9-11,13H,6-8H2,1-5H3,(H,14,15). The Bertz CT molecular complexity index is 180. The molecule has 1 amide bonds. The van der Waals surface area contributed by atoms with Crippen molar-refractivity contribution in [2.24, 2.45) is 5.92 Å². The SMILES string of the molecule is CNC(C)C(=O)NC(C)CCCC(C)C. The van der Waals surface area contributed by atoms with Crippen LogP contribution in [0.5, 0.6) is 0 Å². The Labute approximate surface area is 94.0 Å². The first kappa shape index (κ1) is 14.4. The molecule has 0 aromatic rings. The first-order chi connectivity index (χ1) is 6.97. The van der Waals surface area contributed by atoms with Crippen molar-refractivity contribution in [1.29, 1.82) is 0 Å². The lowest BCUT2D eigenvalue weighted by Crippen LogP contribution is -2.44. The first-order valence-corrected chi connectivity index (χ1v) is 5.95. The monoisotopic (exact) mass is 214 g/mol. The average Bonchev–Trinajstić information content (AvgIpc) is 2.15. The minimum atomic E-state index is -0.0995. The van der Waals surface area contributed by atoms with Gasteiger partial charge in [-0.05, 0) is 33.2 Å². The summed E-state index contributed by atoms with van der Waals surface area (Å²) in [7, 11) is 1.80. The predicted octanol–water partition coefficient (Wildman–Crippen LogP) is 1.93. The van der Waals surface area contributed by atoms with Gasteiger partial charge in [0.25, 0.3) is 0 Å². The number of likely N-dealkylation sites (N-methyl/N-ethyl adjacent to an activating group) is 1. The molecule has 90 valence electrons. The highest BCUT2D eigenvalue weighted by molar-refractivity contribution is 5.81. The molecule has 0 aliphatic carbocycles. The summed E-state index contributed by atoms with van der Waals surface area (Å²) in [6, 6.07) is 0.185. The van der Waals surface area contributed by atoms with Gasteiger partial charge in [0.1, 0.15) is 0 Å². The molecule has 3 heteroatoms. The number of rotatable bonds is 7. The van der Waals surface area contributed by atoms with Crippen LogP contribution in [0.2, 0.25) is 0 Å². The van der Waals surface area contributed by atoms with Gasteiger partial charge < -0.3 is 10.6 Å². The number of amides is 1. The first-order valence-electron chi connectivity index (χ1n) is 5.95. The molecule has 0 fully saturated rings. The second-order valence-corrected chi connectivity index (χ2v) is 4.74. The van der Waals surface area contributed by atoms with Gasteiger partial charge in [0.05, 0.1) is 6.04 Å². The summed E-state index contributed by atoms with van der Waals surface area (Å²) in [5.74, 6) is 0.846. The summed E-state index contributed by atoms with van der Waals surface area (Å²) >= 11 is 0. The van der Waals surface area contributed by atoms with Gasteiger partial charge in [-0.15, -0.1) is 0 Å². The van der Waals surface area contributed by atoms with Crippen molar-refractivity contribution >= 4 is 5.91 Å². The third kappa shape index (κ3) is 7.37. The highest BCUT2D eigenvalue weighted by atomic mass is 16.2. The molecule has 3 nitrogen and oxygen atoms in total. The molecule has 2 atom stereocenters. The number of nitrogens with one attached hydrogen (secondary N) is 2. The Morgan fingerprint density at radius 2 is 1.73 bits per heavy atom. The van der Waals surface area contributed by atoms with Crippen molar-refractivity contribution < 1.29 is 4.79 Å². The van der Waals surface area contributed by atoms with E-state index >= 15 is 0 Å². The van der Waals surface area contributed by atoms with E-state index in [0.29, 0.717) is 0 Å². The number of carbonyl (C=O) groups is 1. The molecule has 15 heavy (non-hydrogen) atoms. The van der Waals surface area contributed by atoms with Crippen LogP contribution in [0.15, 0.2) is 0 Å². The molecular weight excluding hydrogens is 188 g/mol. The van der Waals surface area contributed by atoms with Crippen LogP contribution in [-0.2, 0) is 4.79 Å². The molecule has 2 unspecified atom stereocenters. The van der Waals surface area contributed by atoms with E-state index in [9.17, 15) is 4.79 Å². The molecule has 0 heterocycles. The minimum Gasteiger partial charge on any atom is -0.352 e. The van der Waals surface area contributed by atoms with Crippen LogP contribution in [0.25, 0.3) is 0 Å². The second kappa shape index (κ2) is 7.69. The normalized spacial score (nSPS) is 15.1. The molecule has 0 aromatic heterocycles. The third-order valence-corrected chi connectivity index (χ3v) is 2.63. The van der Waals surface area contributed by atoms with Gasteiger partial charge in [0.15, 0.2) is 0 Å². The van der Waals surface area contributed by atoms with Gasteiger partial charge in [0.2, 0.25) is 5.91 Å². The smallest absolute Gasteiger partial charge is 0.237 e. The summed E-state index contributed by atoms with van der Waals surface area (Å²) in [4.78, 5) is 11.5. The second-order valence-electron chi connectivity index (χ2n) is 4.74. The van der Waals surface area contributed by atoms with E-state index in [-0.39, 0.29) is 18.0 Å². The molecular formula is C12H26N2O. The van der Waals surface area contributed by atoms with E-state index in [0.717, 1.165) is 12.3 Å². The van der Waals surface area contributed by atoms with Crippen molar-refractivity contribution in [1.82, 2.24) is 10.6 Å². The summed E-state index contributed by atoms with van der Waals surface area (Å²) in [5, 5.41) is 5.94. The van der Waals surface area contributed by atoms with Gasteiger partial charge in [-0.25, -0.2) is 0 Å². The van der Waals surface area contributed by atoms with E-state index < -0.39 is 0 Å². The zero-order chi connectivity index (χ0) is 11.8. The Hall–Kier alpha value is -0.570. The lowest BCUT2D eigenvalue weighted by Gasteiger charge is -2.17. The fourth-order valence-electron chi connectivity index (χ4n) is 1.40. The summed E-state index contributed by atoms with van der Waals surface area (Å²) < 4.78 is 0. The highest BCUT2D eigenvalue weighted by Gasteiger charge is 2.12. The molecule has 0 spiro atoms. The predicted molar refractivity (Wildman–Crippen MR) is 64.8 cm³/mol. The van der Waals surface area contributed by atoms with E-state index in [4.69, 9.17) is 0 Å². The van der Waals surface area contributed by atoms with Gasteiger partial charge >= 0.3 is 0 Å². The van der Waals surface area contributed by atoms with Crippen LogP contribution >= 0.6 is 0 Å². The van der Waals surface area contributed by atoms with Crippen LogP contribution in [0.3, 0.4) is 0 Å². The van der Waals surface area contributed by atoms with Crippen molar-refractivity contribution in [2.75, 3.05) is 7.05 Å². The maximum atomic E-state index is 11.5. The van der Waals surface area contributed by atoms with Crippen molar-refractivity contribution in [3.63, 3.8) is 0 Å². The number of carbonyl (C=O) groups excluding carboxylic acids is 1. The molecule has 0 saturated heterocycles. The topological polar surface area (TPSA) is 41.1 Å². The Morgan fingerprint density at radius 1 is 1.13 bits per heavy atom. The quantitative estimate of drug-likeness (QED) is 0.680. The van der Waals surface area contributed by atoms with Gasteiger partial charge in [-0.2, -0.15) is 0 Å². The van der Waals surface area contributed by atoms with E-state index in [1.165, 1.54) is 12.8 Å². The molecule has 0 aliphatic rings.